The molecule has 1 aromatic carbocycles. The normalized spacial score (nSPS) is 14.4. The van der Waals surface area contributed by atoms with E-state index in [2.05, 4.69) is 33.5 Å². The topological polar surface area (TPSA) is 87.7 Å². The molecule has 0 saturated heterocycles. The van der Waals surface area contributed by atoms with Gasteiger partial charge < -0.3 is 19.9 Å². The highest BCUT2D eigenvalue weighted by atomic mass is 35.5. The minimum Gasteiger partial charge on any atom is -0.493 e. The first-order chi connectivity index (χ1) is 20.0. The van der Waals surface area contributed by atoms with Gasteiger partial charge in [0.15, 0.2) is 0 Å². The predicted molar refractivity (Wildman–Crippen MR) is 185 cm³/mol. The highest BCUT2D eigenvalue weighted by molar-refractivity contribution is 6.20. The summed E-state index contributed by atoms with van der Waals surface area (Å²) in [7, 11) is 0. The molecule has 1 unspecified atom stereocenters. The van der Waals surface area contributed by atoms with Gasteiger partial charge in [-0.1, -0.05) is 19.9 Å². The number of hydrogen-bond acceptors (Lipinski definition) is 6. The van der Waals surface area contributed by atoms with E-state index in [1.807, 2.05) is 70.6 Å². The minimum atomic E-state index is -1.04. The fourth-order valence-corrected chi connectivity index (χ4v) is 5.73. The second-order valence-corrected chi connectivity index (χ2v) is 10.4. The molecule has 3 heterocycles. The van der Waals surface area contributed by atoms with Crippen molar-refractivity contribution in [3.8, 4) is 5.75 Å². The van der Waals surface area contributed by atoms with Gasteiger partial charge in [-0.15, -0.1) is 37.2 Å². The molecule has 2 amide bonds. The summed E-state index contributed by atoms with van der Waals surface area (Å²) in [5.41, 5.74) is 2.89. The van der Waals surface area contributed by atoms with Crippen LogP contribution in [0.5, 0.6) is 5.75 Å². The van der Waals surface area contributed by atoms with Gasteiger partial charge in [-0.2, -0.15) is 0 Å². The third-order valence-electron chi connectivity index (χ3n) is 8.21. The molecule has 8 nitrogen and oxygen atoms in total. The number of ether oxygens (including phenoxy) is 1. The molecule has 0 radical (unpaired) electrons. The van der Waals surface area contributed by atoms with E-state index in [1.165, 1.54) is 11.1 Å². The summed E-state index contributed by atoms with van der Waals surface area (Å²) in [6.07, 6.45) is 11.0. The Balaban J connectivity index is 0.00000323. The Morgan fingerprint density at radius 2 is 1.50 bits per heavy atom. The minimum absolute atomic E-state index is 0. The van der Waals surface area contributed by atoms with Crippen LogP contribution in [0.3, 0.4) is 0 Å². The highest BCUT2D eigenvalue weighted by Gasteiger charge is 2.50. The molecule has 242 valence electrons. The number of amides is 2. The van der Waals surface area contributed by atoms with Crippen molar-refractivity contribution in [3.63, 3.8) is 0 Å². The SMILES string of the molecule is CCN1C(=O)C(CC)(CC)C(=O)N(CC)c2cc(OCCCNC(CCc3cccnc3)c3ccncc3)ccc21.Cl.Cl.Cl. The van der Waals surface area contributed by atoms with Gasteiger partial charge in [0.05, 0.1) is 18.0 Å². The molecule has 1 atom stereocenters. The number of carbonyl (C=O) groups is 2. The van der Waals surface area contributed by atoms with Gasteiger partial charge in [-0.05, 0) is 94.0 Å². The standard InChI is InChI=1S/C33H43N5O3.3ClH/c1-5-33(6-2)31(39)37(7-3)29-15-13-27(23-30(29)38(8-4)32(33)40)41-22-10-19-36-28(26-16-20-34-21-17-26)14-12-25-11-9-18-35-24-25;;;/h9,11,13,15-18,20-21,23-24,28,36H,5-8,10,12,14,19,22H2,1-4H3;3*1H. The summed E-state index contributed by atoms with van der Waals surface area (Å²) >= 11 is 0. The van der Waals surface area contributed by atoms with Crippen LogP contribution in [0.2, 0.25) is 0 Å². The first kappa shape index (κ1) is 39.1. The summed E-state index contributed by atoms with van der Waals surface area (Å²) in [6, 6.07) is 14.1. The van der Waals surface area contributed by atoms with E-state index in [0.29, 0.717) is 38.3 Å². The number of pyridine rings is 2. The lowest BCUT2D eigenvalue weighted by atomic mass is 9.79. The molecule has 11 heteroatoms. The largest absolute Gasteiger partial charge is 0.493 e. The molecule has 3 aromatic rings. The summed E-state index contributed by atoms with van der Waals surface area (Å²) in [6.45, 7) is 10.1. The molecule has 0 aliphatic carbocycles. The van der Waals surface area contributed by atoms with Crippen molar-refractivity contribution in [1.82, 2.24) is 15.3 Å². The summed E-state index contributed by atoms with van der Waals surface area (Å²) in [5, 5.41) is 3.69. The van der Waals surface area contributed by atoms with Crippen LogP contribution in [0.1, 0.15) is 70.5 Å². The van der Waals surface area contributed by atoms with Gasteiger partial charge in [-0.3, -0.25) is 19.6 Å². The van der Waals surface area contributed by atoms with E-state index in [-0.39, 0.29) is 55.1 Å². The maximum Gasteiger partial charge on any atom is 0.242 e. The van der Waals surface area contributed by atoms with Gasteiger partial charge in [0.1, 0.15) is 11.2 Å². The second kappa shape index (κ2) is 18.8. The smallest absolute Gasteiger partial charge is 0.242 e. The number of benzene rings is 1. The monoisotopic (exact) mass is 665 g/mol. The first-order valence-electron chi connectivity index (χ1n) is 14.9. The van der Waals surface area contributed by atoms with Crippen LogP contribution in [0.15, 0.2) is 67.3 Å². The van der Waals surface area contributed by atoms with Crippen LogP contribution < -0.4 is 19.9 Å². The Labute approximate surface area is 280 Å². The molecule has 0 bridgehead atoms. The second-order valence-electron chi connectivity index (χ2n) is 10.4. The van der Waals surface area contributed by atoms with E-state index in [0.717, 1.165) is 37.2 Å². The van der Waals surface area contributed by atoms with Gasteiger partial charge in [0.25, 0.3) is 0 Å². The number of aryl methyl sites for hydroxylation is 1. The number of halogens is 3. The Hall–Kier alpha value is -2.91. The van der Waals surface area contributed by atoms with Crippen molar-refractivity contribution in [2.24, 2.45) is 5.41 Å². The van der Waals surface area contributed by atoms with Gasteiger partial charge >= 0.3 is 0 Å². The molecular weight excluding hydrogens is 621 g/mol. The lowest BCUT2D eigenvalue weighted by molar-refractivity contribution is -0.140. The average Bonchev–Trinajstić information content (AvgIpc) is 3.08. The Morgan fingerprint density at radius 1 is 0.841 bits per heavy atom. The van der Waals surface area contributed by atoms with Crippen LogP contribution in [-0.2, 0) is 16.0 Å². The van der Waals surface area contributed by atoms with Crippen LogP contribution >= 0.6 is 37.2 Å². The fraction of sp³-hybridized carbons (Fsp3) is 0.455. The van der Waals surface area contributed by atoms with Crippen molar-refractivity contribution in [1.29, 1.82) is 0 Å². The fourth-order valence-electron chi connectivity index (χ4n) is 5.73. The average molecular weight is 667 g/mol. The molecule has 2 aromatic heterocycles. The van der Waals surface area contributed by atoms with Crippen LogP contribution in [0.25, 0.3) is 0 Å². The number of carbonyl (C=O) groups excluding carboxylic acids is 2. The van der Waals surface area contributed by atoms with Crippen molar-refractivity contribution >= 4 is 60.4 Å². The lowest BCUT2D eigenvalue weighted by Crippen LogP contribution is -2.51. The molecule has 0 fully saturated rings. The van der Waals surface area contributed by atoms with Crippen molar-refractivity contribution in [2.45, 2.75) is 65.8 Å². The number of rotatable bonds is 14. The number of anilines is 2. The molecule has 0 spiro atoms. The van der Waals surface area contributed by atoms with Gasteiger partial charge in [0, 0.05) is 50.0 Å². The Morgan fingerprint density at radius 3 is 2.09 bits per heavy atom. The van der Waals surface area contributed by atoms with Crippen molar-refractivity contribution < 1.29 is 14.3 Å². The zero-order chi connectivity index (χ0) is 29.2. The first-order valence-corrected chi connectivity index (χ1v) is 14.9. The van der Waals surface area contributed by atoms with Gasteiger partial charge in [0.2, 0.25) is 11.8 Å². The maximum absolute atomic E-state index is 13.8. The van der Waals surface area contributed by atoms with Crippen LogP contribution in [0.4, 0.5) is 11.4 Å². The third kappa shape index (κ3) is 8.62. The molecule has 1 aliphatic rings. The summed E-state index contributed by atoms with van der Waals surface area (Å²) in [4.78, 5) is 39.3. The number of hydrogen-bond donors (Lipinski definition) is 1. The van der Waals surface area contributed by atoms with Crippen LogP contribution in [-0.4, -0.2) is 48.0 Å². The molecular formula is C33H46Cl3N5O3. The molecule has 44 heavy (non-hydrogen) atoms. The molecule has 1 aliphatic heterocycles. The van der Waals surface area contributed by atoms with Gasteiger partial charge in [-0.25, -0.2) is 0 Å². The lowest BCUT2D eigenvalue weighted by Gasteiger charge is -2.33. The molecule has 4 rings (SSSR count). The van der Waals surface area contributed by atoms with E-state index in [4.69, 9.17) is 4.74 Å². The quantitative estimate of drug-likeness (QED) is 0.147. The zero-order valence-corrected chi connectivity index (χ0v) is 28.5. The van der Waals surface area contributed by atoms with E-state index >= 15 is 0 Å². The highest BCUT2D eigenvalue weighted by Crippen LogP contribution is 2.43. The third-order valence-corrected chi connectivity index (χ3v) is 8.21. The van der Waals surface area contributed by atoms with E-state index < -0.39 is 5.41 Å². The molecule has 1 N–H and O–H groups in total. The number of aromatic nitrogens is 2. The van der Waals surface area contributed by atoms with E-state index in [9.17, 15) is 9.59 Å². The van der Waals surface area contributed by atoms with Crippen LogP contribution in [0, 0.1) is 5.41 Å². The maximum atomic E-state index is 13.8. The summed E-state index contributed by atoms with van der Waals surface area (Å²) < 4.78 is 6.16. The number of nitrogens with one attached hydrogen (secondary N) is 1. The number of nitrogens with zero attached hydrogens (tertiary/aromatic N) is 4. The van der Waals surface area contributed by atoms with Crippen molar-refractivity contribution in [3.05, 3.63) is 78.4 Å². The molecule has 0 saturated carbocycles. The predicted octanol–water partition coefficient (Wildman–Crippen LogP) is 7.00. The Kier molecular flexibility index (Phi) is 16.7. The number of fused-ring (bicyclic) bond motifs is 1. The zero-order valence-electron chi connectivity index (χ0n) is 26.0. The Bertz CT molecular complexity index is 1300. The van der Waals surface area contributed by atoms with E-state index in [1.54, 1.807) is 16.0 Å². The van der Waals surface area contributed by atoms with Crippen molar-refractivity contribution in [2.75, 3.05) is 36.0 Å². The summed E-state index contributed by atoms with van der Waals surface area (Å²) in [5.74, 6) is 0.461.